The number of amides is 1. The van der Waals surface area contributed by atoms with Crippen LogP contribution in [0.25, 0.3) is 0 Å². The number of rotatable bonds is 9. The standard InChI is InChI=1S/C20H33N5O2.HI/c1-4-21-20(23-14-17-7-6-12-25(17)5-2)24-15-19(26)22-13-16-8-10-18(27-3)11-9-16;/h8-11,17H,4-7,12-15H2,1-3H3,(H,22,26)(H2,21,23,24);1H. The van der Waals surface area contributed by atoms with Crippen LogP contribution in [0.5, 0.6) is 5.75 Å². The van der Waals surface area contributed by atoms with Crippen LogP contribution < -0.4 is 20.7 Å². The minimum Gasteiger partial charge on any atom is -0.497 e. The lowest BCUT2D eigenvalue weighted by molar-refractivity contribution is -0.119. The number of hydrogen-bond donors (Lipinski definition) is 3. The maximum absolute atomic E-state index is 12.1. The zero-order chi connectivity index (χ0) is 19.5. The monoisotopic (exact) mass is 503 g/mol. The molecular weight excluding hydrogens is 469 g/mol. The van der Waals surface area contributed by atoms with Gasteiger partial charge in [-0.25, -0.2) is 4.99 Å². The fourth-order valence-corrected chi connectivity index (χ4v) is 3.25. The van der Waals surface area contributed by atoms with Crippen LogP contribution in [-0.2, 0) is 11.3 Å². The van der Waals surface area contributed by atoms with Gasteiger partial charge in [-0.05, 0) is 50.6 Å². The first kappa shape index (κ1) is 24.5. The molecule has 0 spiro atoms. The number of nitrogens with one attached hydrogen (secondary N) is 3. The van der Waals surface area contributed by atoms with Crippen LogP contribution in [0.1, 0.15) is 32.3 Å². The van der Waals surface area contributed by atoms with Gasteiger partial charge in [-0.15, -0.1) is 24.0 Å². The van der Waals surface area contributed by atoms with Crippen molar-refractivity contribution >= 4 is 35.8 Å². The van der Waals surface area contributed by atoms with Crippen molar-refractivity contribution in [3.63, 3.8) is 0 Å². The zero-order valence-electron chi connectivity index (χ0n) is 17.2. The topological polar surface area (TPSA) is 78.0 Å². The van der Waals surface area contributed by atoms with E-state index in [1.165, 1.54) is 19.4 Å². The lowest BCUT2D eigenvalue weighted by atomic mass is 10.2. The maximum Gasteiger partial charge on any atom is 0.242 e. The Balaban J connectivity index is 0.00000392. The molecule has 1 aliphatic heterocycles. The van der Waals surface area contributed by atoms with E-state index in [1.807, 2.05) is 31.2 Å². The van der Waals surface area contributed by atoms with Crippen LogP contribution in [-0.4, -0.2) is 62.6 Å². The Morgan fingerprint density at radius 3 is 2.61 bits per heavy atom. The van der Waals surface area contributed by atoms with Crippen LogP contribution in [0.4, 0.5) is 0 Å². The zero-order valence-corrected chi connectivity index (χ0v) is 19.5. The van der Waals surface area contributed by atoms with E-state index < -0.39 is 0 Å². The first-order valence-electron chi connectivity index (χ1n) is 9.82. The van der Waals surface area contributed by atoms with Crippen LogP contribution in [0.2, 0.25) is 0 Å². The largest absolute Gasteiger partial charge is 0.497 e. The molecule has 0 radical (unpaired) electrons. The Labute approximate surface area is 185 Å². The van der Waals surface area contributed by atoms with E-state index in [4.69, 9.17) is 4.74 Å². The predicted molar refractivity (Wildman–Crippen MR) is 125 cm³/mol. The number of likely N-dealkylation sites (N-methyl/N-ethyl adjacent to an activating group) is 1. The number of carbonyl (C=O) groups is 1. The number of hydrogen-bond acceptors (Lipinski definition) is 4. The molecule has 1 aromatic carbocycles. The quantitative estimate of drug-likeness (QED) is 0.273. The summed E-state index contributed by atoms with van der Waals surface area (Å²) in [6.45, 7) is 8.68. The van der Waals surface area contributed by atoms with Gasteiger partial charge in [0.1, 0.15) is 12.3 Å². The fourth-order valence-electron chi connectivity index (χ4n) is 3.25. The Hall–Kier alpha value is -1.55. The second kappa shape index (κ2) is 13.6. The molecule has 3 N–H and O–H groups in total. The summed E-state index contributed by atoms with van der Waals surface area (Å²) >= 11 is 0. The summed E-state index contributed by atoms with van der Waals surface area (Å²) in [5.41, 5.74) is 1.03. The highest BCUT2D eigenvalue weighted by atomic mass is 127. The van der Waals surface area contributed by atoms with E-state index in [9.17, 15) is 4.79 Å². The summed E-state index contributed by atoms with van der Waals surface area (Å²) in [6, 6.07) is 8.19. The van der Waals surface area contributed by atoms with Gasteiger partial charge in [0.05, 0.1) is 7.11 Å². The summed E-state index contributed by atoms with van der Waals surface area (Å²) in [5, 5.41) is 9.48. The molecule has 1 aromatic rings. The van der Waals surface area contributed by atoms with Gasteiger partial charge in [0.15, 0.2) is 5.96 Å². The van der Waals surface area contributed by atoms with Crippen molar-refractivity contribution in [1.82, 2.24) is 20.9 Å². The molecule has 1 amide bonds. The highest BCUT2D eigenvalue weighted by molar-refractivity contribution is 14.0. The van der Waals surface area contributed by atoms with Crippen molar-refractivity contribution in [2.45, 2.75) is 39.3 Å². The number of ether oxygens (including phenoxy) is 1. The number of guanidine groups is 1. The van der Waals surface area contributed by atoms with Crippen LogP contribution in [0, 0.1) is 0 Å². The molecule has 7 nitrogen and oxygen atoms in total. The molecule has 1 atom stereocenters. The maximum atomic E-state index is 12.1. The minimum absolute atomic E-state index is 0. The number of carbonyl (C=O) groups excluding carboxylic acids is 1. The number of nitrogens with zero attached hydrogens (tertiary/aromatic N) is 2. The van der Waals surface area contributed by atoms with E-state index in [0.29, 0.717) is 18.5 Å². The summed E-state index contributed by atoms with van der Waals surface area (Å²) in [7, 11) is 1.64. The molecule has 1 saturated heterocycles. The minimum atomic E-state index is -0.0981. The first-order valence-corrected chi connectivity index (χ1v) is 9.82. The highest BCUT2D eigenvalue weighted by Crippen LogP contribution is 2.15. The third-order valence-electron chi connectivity index (χ3n) is 4.78. The van der Waals surface area contributed by atoms with Crippen molar-refractivity contribution in [2.24, 2.45) is 4.99 Å². The molecule has 0 aromatic heterocycles. The van der Waals surface area contributed by atoms with E-state index in [1.54, 1.807) is 7.11 Å². The molecule has 1 heterocycles. The molecule has 158 valence electrons. The number of halogens is 1. The van der Waals surface area contributed by atoms with E-state index in [-0.39, 0.29) is 36.4 Å². The van der Waals surface area contributed by atoms with E-state index in [2.05, 4.69) is 32.8 Å². The molecule has 1 fully saturated rings. The van der Waals surface area contributed by atoms with Gasteiger partial charge in [-0.2, -0.15) is 0 Å². The van der Waals surface area contributed by atoms with Crippen LogP contribution in [0.3, 0.4) is 0 Å². The third kappa shape index (κ3) is 8.22. The van der Waals surface area contributed by atoms with Gasteiger partial charge in [0.2, 0.25) is 5.91 Å². The fraction of sp³-hybridized carbons (Fsp3) is 0.600. The summed E-state index contributed by atoms with van der Waals surface area (Å²) in [6.07, 6.45) is 2.46. The van der Waals surface area contributed by atoms with Gasteiger partial charge < -0.3 is 20.7 Å². The Morgan fingerprint density at radius 2 is 1.96 bits per heavy atom. The SMILES string of the molecule is CCNC(=NCC(=O)NCc1ccc(OC)cc1)NCC1CCCN1CC.I. The average molecular weight is 503 g/mol. The number of benzene rings is 1. The normalized spacial score (nSPS) is 17.0. The first-order chi connectivity index (χ1) is 13.2. The Bertz CT molecular complexity index is 609. The molecule has 0 aliphatic carbocycles. The lowest BCUT2D eigenvalue weighted by Crippen LogP contribution is -2.45. The molecule has 1 aliphatic rings. The third-order valence-corrected chi connectivity index (χ3v) is 4.78. The van der Waals surface area contributed by atoms with Crippen molar-refractivity contribution in [3.8, 4) is 5.75 Å². The average Bonchev–Trinajstić information content (AvgIpc) is 3.16. The summed E-state index contributed by atoms with van der Waals surface area (Å²) < 4.78 is 5.13. The molecular formula is C20H34IN5O2. The number of aliphatic imine (C=N–C) groups is 1. The molecule has 8 heteroatoms. The summed E-state index contributed by atoms with van der Waals surface area (Å²) in [5.74, 6) is 1.40. The van der Waals surface area contributed by atoms with Crippen LogP contribution in [0.15, 0.2) is 29.3 Å². The van der Waals surface area contributed by atoms with Crippen molar-refractivity contribution in [2.75, 3.05) is 39.8 Å². The molecule has 28 heavy (non-hydrogen) atoms. The molecule has 0 saturated carbocycles. The predicted octanol–water partition coefficient (Wildman–Crippen LogP) is 1.97. The van der Waals surface area contributed by atoms with Gasteiger partial charge in [0, 0.05) is 25.7 Å². The second-order valence-corrected chi connectivity index (χ2v) is 6.63. The Morgan fingerprint density at radius 1 is 1.21 bits per heavy atom. The van der Waals surface area contributed by atoms with Gasteiger partial charge in [0.25, 0.3) is 0 Å². The second-order valence-electron chi connectivity index (χ2n) is 6.63. The van der Waals surface area contributed by atoms with Gasteiger partial charge in [-0.1, -0.05) is 19.1 Å². The number of methoxy groups -OCH3 is 1. The van der Waals surface area contributed by atoms with E-state index in [0.717, 1.165) is 30.9 Å². The smallest absolute Gasteiger partial charge is 0.242 e. The lowest BCUT2D eigenvalue weighted by Gasteiger charge is -2.23. The summed E-state index contributed by atoms with van der Waals surface area (Å²) in [4.78, 5) is 19.0. The van der Waals surface area contributed by atoms with Crippen molar-refractivity contribution in [3.05, 3.63) is 29.8 Å². The van der Waals surface area contributed by atoms with Crippen molar-refractivity contribution in [1.29, 1.82) is 0 Å². The van der Waals surface area contributed by atoms with Gasteiger partial charge in [-0.3, -0.25) is 9.69 Å². The van der Waals surface area contributed by atoms with Crippen molar-refractivity contribution < 1.29 is 9.53 Å². The molecule has 0 bridgehead atoms. The Kier molecular flexibility index (Phi) is 11.9. The molecule has 1 unspecified atom stereocenters. The molecule has 2 rings (SSSR count). The van der Waals surface area contributed by atoms with Gasteiger partial charge >= 0.3 is 0 Å². The van der Waals surface area contributed by atoms with Crippen LogP contribution >= 0.6 is 24.0 Å². The number of likely N-dealkylation sites (tertiary alicyclic amines) is 1. The van der Waals surface area contributed by atoms with E-state index >= 15 is 0 Å². The highest BCUT2D eigenvalue weighted by Gasteiger charge is 2.22.